The number of carbonyl (C=O) groups is 2. The molecule has 0 aliphatic carbocycles. The molecule has 3 aromatic rings. The fraction of sp³-hybridized carbons (Fsp3) is 0.240. The summed E-state index contributed by atoms with van der Waals surface area (Å²) in [5.41, 5.74) is 2.57. The van der Waals surface area contributed by atoms with E-state index in [1.165, 1.54) is 12.1 Å². The molecule has 0 bridgehead atoms. The van der Waals surface area contributed by atoms with Crippen LogP contribution in [0.5, 0.6) is 0 Å². The molecule has 158 valence electrons. The number of nitrogens with zero attached hydrogens (tertiary/aromatic N) is 3. The highest BCUT2D eigenvalue weighted by Crippen LogP contribution is 2.27. The van der Waals surface area contributed by atoms with Gasteiger partial charge in [-0.15, -0.1) is 0 Å². The van der Waals surface area contributed by atoms with E-state index in [0.717, 1.165) is 17.7 Å². The van der Waals surface area contributed by atoms with Gasteiger partial charge >= 0.3 is 0 Å². The number of amides is 2. The lowest BCUT2D eigenvalue weighted by Gasteiger charge is -2.25. The molecule has 1 fully saturated rings. The summed E-state index contributed by atoms with van der Waals surface area (Å²) in [6.45, 7) is 1.24. The summed E-state index contributed by atoms with van der Waals surface area (Å²) < 4.78 is 13.2. The number of rotatable bonds is 7. The highest BCUT2D eigenvalue weighted by molar-refractivity contribution is 6.00. The van der Waals surface area contributed by atoms with Crippen molar-refractivity contribution in [2.24, 2.45) is 5.92 Å². The molecule has 1 atom stereocenters. The molecule has 6 heteroatoms. The van der Waals surface area contributed by atoms with Crippen LogP contribution >= 0.6 is 0 Å². The first-order chi connectivity index (χ1) is 15.1. The molecule has 0 radical (unpaired) electrons. The summed E-state index contributed by atoms with van der Waals surface area (Å²) in [5.74, 6) is -0.965. The van der Waals surface area contributed by atoms with E-state index in [-0.39, 0.29) is 24.1 Å². The van der Waals surface area contributed by atoms with Crippen molar-refractivity contribution in [2.45, 2.75) is 19.4 Å². The first kappa shape index (κ1) is 20.7. The van der Waals surface area contributed by atoms with E-state index >= 15 is 0 Å². The Bertz CT molecular complexity index is 1030. The Morgan fingerprint density at radius 1 is 1.03 bits per heavy atom. The fourth-order valence-corrected chi connectivity index (χ4v) is 3.86. The quantitative estimate of drug-likeness (QED) is 0.587. The van der Waals surface area contributed by atoms with Gasteiger partial charge in [-0.2, -0.15) is 0 Å². The Kier molecular flexibility index (Phi) is 6.36. The Balaban J connectivity index is 1.49. The van der Waals surface area contributed by atoms with Gasteiger partial charge in [0.2, 0.25) is 11.8 Å². The molecular formula is C25H24FN3O2. The molecule has 0 spiro atoms. The zero-order valence-electron chi connectivity index (χ0n) is 17.2. The third-order valence-electron chi connectivity index (χ3n) is 5.52. The molecule has 1 aliphatic rings. The van der Waals surface area contributed by atoms with E-state index in [1.807, 2.05) is 48.5 Å². The second-order valence-corrected chi connectivity index (χ2v) is 7.70. The van der Waals surface area contributed by atoms with E-state index in [0.29, 0.717) is 25.3 Å². The van der Waals surface area contributed by atoms with Gasteiger partial charge in [-0.25, -0.2) is 4.39 Å². The average molecular weight is 417 g/mol. The maximum Gasteiger partial charge on any atom is 0.228 e. The van der Waals surface area contributed by atoms with Crippen LogP contribution in [-0.2, 0) is 22.6 Å². The first-order valence-electron chi connectivity index (χ1n) is 10.4. The Labute approximate surface area is 181 Å². The van der Waals surface area contributed by atoms with Crippen molar-refractivity contribution < 1.29 is 14.0 Å². The molecule has 2 aromatic carbocycles. The maximum absolute atomic E-state index is 13.4. The van der Waals surface area contributed by atoms with Gasteiger partial charge in [-0.05, 0) is 48.4 Å². The molecule has 2 heterocycles. The fourth-order valence-electron chi connectivity index (χ4n) is 3.86. The molecule has 1 aromatic heterocycles. The van der Waals surface area contributed by atoms with Crippen LogP contribution in [-0.4, -0.2) is 34.8 Å². The molecule has 2 amide bonds. The minimum Gasteiger partial charge on any atom is -0.336 e. The number of pyridine rings is 1. The van der Waals surface area contributed by atoms with Crippen LogP contribution in [0.4, 0.5) is 10.1 Å². The van der Waals surface area contributed by atoms with Gasteiger partial charge in [0.25, 0.3) is 0 Å². The Morgan fingerprint density at radius 2 is 1.77 bits per heavy atom. The second kappa shape index (κ2) is 9.51. The minimum absolute atomic E-state index is 0.0560. The standard InChI is InChI=1S/C25H24FN3O2/c26-21-9-11-23(12-10-21)29-17-20(16-24(29)30)25(31)28(18-22-8-4-5-14-27-22)15-13-19-6-2-1-3-7-19/h1-12,14,20H,13,15-18H2/t20-/m1/s1. The zero-order valence-corrected chi connectivity index (χ0v) is 17.2. The molecule has 0 saturated carbocycles. The second-order valence-electron chi connectivity index (χ2n) is 7.70. The van der Waals surface area contributed by atoms with Crippen molar-refractivity contribution in [2.75, 3.05) is 18.0 Å². The summed E-state index contributed by atoms with van der Waals surface area (Å²) in [6.07, 6.45) is 2.59. The topological polar surface area (TPSA) is 53.5 Å². The number of aromatic nitrogens is 1. The van der Waals surface area contributed by atoms with Gasteiger partial charge in [0.1, 0.15) is 5.82 Å². The summed E-state index contributed by atoms with van der Waals surface area (Å²) in [5, 5.41) is 0. The number of benzene rings is 2. The lowest BCUT2D eigenvalue weighted by molar-refractivity contribution is -0.136. The smallest absolute Gasteiger partial charge is 0.228 e. The molecule has 4 rings (SSSR count). The summed E-state index contributed by atoms with van der Waals surface area (Å²) in [6, 6.07) is 21.4. The molecule has 31 heavy (non-hydrogen) atoms. The first-order valence-corrected chi connectivity index (χ1v) is 10.4. The van der Waals surface area contributed by atoms with Crippen molar-refractivity contribution >= 4 is 17.5 Å². The largest absolute Gasteiger partial charge is 0.336 e. The lowest BCUT2D eigenvalue weighted by Crippen LogP contribution is -2.38. The van der Waals surface area contributed by atoms with Crippen LogP contribution in [0.25, 0.3) is 0 Å². The van der Waals surface area contributed by atoms with Crippen LogP contribution in [0.3, 0.4) is 0 Å². The van der Waals surface area contributed by atoms with Crippen molar-refractivity contribution in [3.63, 3.8) is 0 Å². The van der Waals surface area contributed by atoms with E-state index in [4.69, 9.17) is 0 Å². The Hall–Kier alpha value is -3.54. The minimum atomic E-state index is -0.433. The Morgan fingerprint density at radius 3 is 2.48 bits per heavy atom. The summed E-state index contributed by atoms with van der Waals surface area (Å²) in [4.78, 5) is 33.7. The van der Waals surface area contributed by atoms with Crippen molar-refractivity contribution in [3.8, 4) is 0 Å². The van der Waals surface area contributed by atoms with Crippen molar-refractivity contribution in [1.29, 1.82) is 0 Å². The third kappa shape index (κ3) is 5.15. The van der Waals surface area contributed by atoms with Gasteiger partial charge in [0.05, 0.1) is 18.2 Å². The number of hydrogen-bond acceptors (Lipinski definition) is 3. The number of halogens is 1. The normalized spacial score (nSPS) is 15.8. The number of carbonyl (C=O) groups excluding carboxylic acids is 2. The van der Waals surface area contributed by atoms with Gasteiger partial charge in [-0.3, -0.25) is 14.6 Å². The van der Waals surface area contributed by atoms with Gasteiger partial charge in [-0.1, -0.05) is 36.4 Å². The molecule has 5 nitrogen and oxygen atoms in total. The van der Waals surface area contributed by atoms with E-state index in [2.05, 4.69) is 4.98 Å². The number of anilines is 1. The van der Waals surface area contributed by atoms with E-state index < -0.39 is 5.92 Å². The molecule has 0 N–H and O–H groups in total. The summed E-state index contributed by atoms with van der Waals surface area (Å²) >= 11 is 0. The van der Waals surface area contributed by atoms with Crippen LogP contribution < -0.4 is 4.90 Å². The van der Waals surface area contributed by atoms with Crippen LogP contribution in [0, 0.1) is 11.7 Å². The molecule has 1 saturated heterocycles. The van der Waals surface area contributed by atoms with Gasteiger partial charge < -0.3 is 9.80 Å². The highest BCUT2D eigenvalue weighted by atomic mass is 19.1. The molecule has 1 aliphatic heterocycles. The molecular weight excluding hydrogens is 393 g/mol. The van der Waals surface area contributed by atoms with Crippen LogP contribution in [0.15, 0.2) is 79.0 Å². The monoisotopic (exact) mass is 417 g/mol. The zero-order chi connectivity index (χ0) is 21.6. The van der Waals surface area contributed by atoms with Gasteiger partial charge in [0.15, 0.2) is 0 Å². The van der Waals surface area contributed by atoms with Crippen molar-refractivity contribution in [1.82, 2.24) is 9.88 Å². The predicted octanol–water partition coefficient (Wildman–Crippen LogP) is 3.85. The average Bonchev–Trinajstić information content (AvgIpc) is 3.19. The lowest BCUT2D eigenvalue weighted by atomic mass is 10.1. The predicted molar refractivity (Wildman–Crippen MR) is 117 cm³/mol. The van der Waals surface area contributed by atoms with Crippen molar-refractivity contribution in [3.05, 3.63) is 96.1 Å². The van der Waals surface area contributed by atoms with Crippen LogP contribution in [0.1, 0.15) is 17.7 Å². The SMILES string of the molecule is O=C([C@@H]1CC(=O)N(c2ccc(F)cc2)C1)N(CCc1ccccc1)Cc1ccccn1. The third-order valence-corrected chi connectivity index (χ3v) is 5.52. The number of hydrogen-bond donors (Lipinski definition) is 0. The molecule has 0 unspecified atom stereocenters. The van der Waals surface area contributed by atoms with E-state index in [9.17, 15) is 14.0 Å². The highest BCUT2D eigenvalue weighted by Gasteiger charge is 2.37. The summed E-state index contributed by atoms with van der Waals surface area (Å²) in [7, 11) is 0. The van der Waals surface area contributed by atoms with E-state index in [1.54, 1.807) is 28.1 Å². The van der Waals surface area contributed by atoms with Crippen LogP contribution in [0.2, 0.25) is 0 Å². The van der Waals surface area contributed by atoms with Gasteiger partial charge in [0, 0.05) is 31.4 Å². The maximum atomic E-state index is 13.4.